The molecule has 0 spiro atoms. The highest BCUT2D eigenvalue weighted by Gasteiger charge is 2.12. The molecule has 0 aromatic carbocycles. The van der Waals surface area contributed by atoms with E-state index in [0.29, 0.717) is 19.3 Å². The maximum atomic E-state index is 11.1. The molecule has 0 heterocycles. The van der Waals surface area contributed by atoms with Crippen LogP contribution in [0.25, 0.3) is 0 Å². The van der Waals surface area contributed by atoms with Gasteiger partial charge < -0.3 is 14.2 Å². The van der Waals surface area contributed by atoms with Crippen LogP contribution in [0.4, 0.5) is 0 Å². The molecule has 0 unspecified atom stereocenters. The number of esters is 3. The minimum atomic E-state index is -0.343. The van der Waals surface area contributed by atoms with Gasteiger partial charge in [-0.25, -0.2) is 0 Å². The Morgan fingerprint density at radius 1 is 0.923 bits per heavy atom. The lowest BCUT2D eigenvalue weighted by Crippen LogP contribution is -2.19. The predicted octanol–water partition coefficient (Wildman–Crippen LogP) is 2.56. The predicted molar refractivity (Wildman–Crippen MR) is 96.6 cm³/mol. The van der Waals surface area contributed by atoms with Crippen molar-refractivity contribution in [1.82, 2.24) is 0 Å². The topological polar surface area (TPSA) is 78.9 Å². The summed E-state index contributed by atoms with van der Waals surface area (Å²) in [6.45, 7) is 4.51. The van der Waals surface area contributed by atoms with Crippen molar-refractivity contribution in [3.05, 3.63) is 12.2 Å². The minimum Gasteiger partial charge on any atom is -0.466 e. The first kappa shape index (κ1) is 23.3. The zero-order valence-electron chi connectivity index (χ0n) is 15.6. The van der Waals surface area contributed by atoms with Crippen LogP contribution in [0.2, 0.25) is 0 Å². The average molecular weight is 362 g/mol. The summed E-state index contributed by atoms with van der Waals surface area (Å²) >= 11 is 0. The summed E-state index contributed by atoms with van der Waals surface area (Å²) in [4.78, 5) is 32.4. The van der Waals surface area contributed by atoms with Gasteiger partial charge in [-0.05, 0) is 43.3 Å². The van der Waals surface area contributed by atoms with Crippen LogP contribution >= 0.6 is 0 Å². The molecular weight excluding hydrogens is 336 g/mol. The molecule has 26 heavy (non-hydrogen) atoms. The second-order valence-electron chi connectivity index (χ2n) is 5.38. The van der Waals surface area contributed by atoms with Crippen molar-refractivity contribution in [1.29, 1.82) is 0 Å². The maximum Gasteiger partial charge on any atom is 0.302 e. The highest BCUT2D eigenvalue weighted by molar-refractivity contribution is 5.66. The van der Waals surface area contributed by atoms with Gasteiger partial charge in [0, 0.05) is 33.6 Å². The van der Waals surface area contributed by atoms with Crippen molar-refractivity contribution >= 4 is 17.9 Å². The van der Waals surface area contributed by atoms with Crippen LogP contribution < -0.4 is 0 Å². The normalized spacial score (nSPS) is 10.7. The summed E-state index contributed by atoms with van der Waals surface area (Å²) in [7, 11) is 0. The fourth-order valence-corrected chi connectivity index (χ4v) is 1.87. The van der Waals surface area contributed by atoms with Crippen LogP contribution in [0.1, 0.15) is 52.9 Å². The second kappa shape index (κ2) is 15.8. The van der Waals surface area contributed by atoms with Crippen LogP contribution in [0, 0.1) is 23.7 Å². The Morgan fingerprint density at radius 2 is 1.65 bits per heavy atom. The van der Waals surface area contributed by atoms with Gasteiger partial charge in [0.15, 0.2) is 0 Å². The van der Waals surface area contributed by atoms with Gasteiger partial charge >= 0.3 is 17.9 Å². The average Bonchev–Trinajstić information content (AvgIpc) is 2.54. The molecule has 0 radical (unpaired) electrons. The molecule has 142 valence electrons. The monoisotopic (exact) mass is 362 g/mol. The molecule has 0 aromatic rings. The lowest BCUT2D eigenvalue weighted by Gasteiger charge is -2.16. The van der Waals surface area contributed by atoms with E-state index in [4.69, 9.17) is 14.2 Å². The first-order valence-corrected chi connectivity index (χ1v) is 8.49. The number of hydrogen-bond donors (Lipinski definition) is 0. The number of allylic oxidation sites excluding steroid dienone is 1. The Labute approximate surface area is 155 Å². The molecule has 0 rings (SSSR count). The Kier molecular flexibility index (Phi) is 14.1. The summed E-state index contributed by atoms with van der Waals surface area (Å²) in [5.41, 5.74) is 0. The van der Waals surface area contributed by atoms with Crippen LogP contribution in [0.3, 0.4) is 0 Å². The highest BCUT2D eigenvalue weighted by atomic mass is 16.6. The van der Waals surface area contributed by atoms with Gasteiger partial charge in [0.25, 0.3) is 0 Å². The number of rotatable bonds is 10. The Hall–Kier alpha value is -2.73. The van der Waals surface area contributed by atoms with E-state index in [1.165, 1.54) is 20.8 Å². The van der Waals surface area contributed by atoms with Crippen molar-refractivity contribution in [2.75, 3.05) is 13.2 Å². The number of carbonyl (C=O) groups is 3. The van der Waals surface area contributed by atoms with Gasteiger partial charge in [-0.2, -0.15) is 0 Å². The molecular formula is C20H26O6. The fraction of sp³-hybridized carbons (Fsp3) is 0.550. The zero-order chi connectivity index (χ0) is 19.6. The fourth-order valence-electron chi connectivity index (χ4n) is 1.87. The third-order valence-corrected chi connectivity index (χ3v) is 2.96. The Morgan fingerprint density at radius 3 is 2.31 bits per heavy atom. The van der Waals surface area contributed by atoms with E-state index < -0.39 is 0 Å². The number of ether oxygens (including phenoxy) is 3. The molecule has 0 bridgehead atoms. The van der Waals surface area contributed by atoms with E-state index in [9.17, 15) is 14.4 Å². The van der Waals surface area contributed by atoms with E-state index in [0.717, 1.165) is 12.8 Å². The van der Waals surface area contributed by atoms with Crippen LogP contribution in [0.15, 0.2) is 12.2 Å². The summed E-state index contributed by atoms with van der Waals surface area (Å²) in [6.07, 6.45) is 6.59. The number of hydrogen-bond acceptors (Lipinski definition) is 6. The van der Waals surface area contributed by atoms with Gasteiger partial charge in [0.2, 0.25) is 0 Å². The third-order valence-electron chi connectivity index (χ3n) is 2.96. The van der Waals surface area contributed by atoms with Crippen LogP contribution in [-0.2, 0) is 28.6 Å². The van der Waals surface area contributed by atoms with Crippen molar-refractivity contribution in [3.63, 3.8) is 0 Å². The highest BCUT2D eigenvalue weighted by Crippen LogP contribution is 2.11. The molecule has 0 saturated heterocycles. The van der Waals surface area contributed by atoms with Gasteiger partial charge in [-0.3, -0.25) is 14.4 Å². The van der Waals surface area contributed by atoms with E-state index in [1.807, 2.05) is 0 Å². The lowest BCUT2D eigenvalue weighted by molar-refractivity contribution is -0.149. The van der Waals surface area contributed by atoms with Crippen molar-refractivity contribution in [2.45, 2.75) is 59.0 Å². The molecule has 1 atom stereocenters. The first-order chi connectivity index (χ1) is 12.4. The summed E-state index contributed by atoms with van der Waals surface area (Å²) in [5.74, 6) is 10.1. The van der Waals surface area contributed by atoms with Crippen molar-refractivity contribution in [3.8, 4) is 23.7 Å². The first-order valence-electron chi connectivity index (χ1n) is 8.49. The maximum absolute atomic E-state index is 11.1. The molecule has 0 N–H and O–H groups in total. The van der Waals surface area contributed by atoms with E-state index in [2.05, 4.69) is 23.7 Å². The van der Waals surface area contributed by atoms with E-state index in [-0.39, 0.29) is 37.2 Å². The smallest absolute Gasteiger partial charge is 0.302 e. The largest absolute Gasteiger partial charge is 0.466 e. The number of unbranched alkanes of at least 4 members (excludes halogenated alkanes) is 2. The van der Waals surface area contributed by atoms with E-state index in [1.54, 1.807) is 12.2 Å². The molecule has 6 nitrogen and oxygen atoms in total. The third kappa shape index (κ3) is 17.6. The molecule has 0 aliphatic carbocycles. The number of carbonyl (C=O) groups excluding carboxylic acids is 3. The Bertz CT molecular complexity index is 597. The van der Waals surface area contributed by atoms with Gasteiger partial charge in [-0.1, -0.05) is 11.8 Å². The molecule has 0 aliphatic heterocycles. The molecule has 0 fully saturated rings. The van der Waals surface area contributed by atoms with Crippen LogP contribution in [0.5, 0.6) is 0 Å². The van der Waals surface area contributed by atoms with Crippen molar-refractivity contribution in [2.24, 2.45) is 0 Å². The van der Waals surface area contributed by atoms with Gasteiger partial charge in [0.1, 0.15) is 12.7 Å². The molecule has 6 heteroatoms. The van der Waals surface area contributed by atoms with Gasteiger partial charge in [0.05, 0.1) is 6.61 Å². The summed E-state index contributed by atoms with van der Waals surface area (Å²) in [6, 6.07) is 0. The SMILES string of the molecule is CC(=O)OC/C=C/C#CC#CCCCC[C@@H](CCOC(C)=O)OC(C)=O. The van der Waals surface area contributed by atoms with Crippen molar-refractivity contribution < 1.29 is 28.6 Å². The summed E-state index contributed by atoms with van der Waals surface area (Å²) < 4.78 is 14.8. The van der Waals surface area contributed by atoms with Gasteiger partial charge in [-0.15, -0.1) is 0 Å². The molecule has 0 amide bonds. The second-order valence-corrected chi connectivity index (χ2v) is 5.38. The lowest BCUT2D eigenvalue weighted by atomic mass is 10.1. The zero-order valence-corrected chi connectivity index (χ0v) is 15.6. The quantitative estimate of drug-likeness (QED) is 0.257. The Balaban J connectivity index is 3.95. The molecule has 0 aromatic heterocycles. The summed E-state index contributed by atoms with van der Waals surface area (Å²) in [5, 5.41) is 0. The van der Waals surface area contributed by atoms with Crippen LogP contribution in [-0.4, -0.2) is 37.2 Å². The standard InChI is InChI=1S/C20H26O6/c1-17(21)24-15-12-10-8-6-4-5-7-9-11-13-20(26-19(3)23)14-16-25-18(2)22/h10,12,20H,7,9,11,13-16H2,1-3H3/b12-10+/t20-/m0/s1. The molecule has 0 aliphatic rings. The minimum absolute atomic E-state index is 0.207. The van der Waals surface area contributed by atoms with E-state index >= 15 is 0 Å². The molecule has 0 saturated carbocycles.